The summed E-state index contributed by atoms with van der Waals surface area (Å²) >= 11 is -1.91. The number of pyridine rings is 2. The molecule has 3 aromatic heterocycles. The molecule has 1 aliphatic rings. The smallest absolute Gasteiger partial charge is 0.120 e. The number of aromatic nitrogens is 2. The van der Waals surface area contributed by atoms with Crippen LogP contribution in [0.2, 0.25) is 17.3 Å². The topological polar surface area (TPSA) is 38.9 Å². The summed E-state index contributed by atoms with van der Waals surface area (Å²) in [5, 5.41) is 2.07. The standard InChI is InChI=1S/C30H26NO.C27H26GeN.Ir/c1-3-8-21(9-4-1)18-22-16-17-31-28(19-22)26-13-7-12-25-27-20-24(23-10-5-2-6-11-23)14-15-29(27)32-30(25)26;1-20-17-27(29-19-26(20)28(2,3)4)23-15-16-24(21-11-7-5-8-12-21)25(18-23)22-13-9-6-10-14-22;/h2,5-7,10-12,14-17,19-21H,1,3-4,8-9,18H2;5-14,16-19H,1-4H3;/q2*-1;/i18D2;;. The van der Waals surface area contributed by atoms with Crippen molar-refractivity contribution in [2.75, 3.05) is 0 Å². The molecule has 0 unspecified atom stereocenters. The van der Waals surface area contributed by atoms with Crippen molar-refractivity contribution >= 4 is 39.6 Å². The Bertz CT molecular complexity index is 3010. The van der Waals surface area contributed by atoms with Gasteiger partial charge in [0.15, 0.2) is 0 Å². The fourth-order valence-corrected chi connectivity index (χ4v) is 12.3. The fraction of sp³-hybridized carbons (Fsp3) is 0.193. The van der Waals surface area contributed by atoms with E-state index >= 15 is 0 Å². The van der Waals surface area contributed by atoms with E-state index in [2.05, 4.69) is 151 Å². The van der Waals surface area contributed by atoms with Gasteiger partial charge in [0.25, 0.3) is 0 Å². The predicted octanol–water partition coefficient (Wildman–Crippen LogP) is 15.0. The molecule has 0 bridgehead atoms. The molecule has 1 radical (unpaired) electrons. The van der Waals surface area contributed by atoms with Crippen LogP contribution in [0.4, 0.5) is 0 Å². The van der Waals surface area contributed by atoms with Crippen molar-refractivity contribution in [3.63, 3.8) is 0 Å². The largest absolute Gasteiger partial charge is 0.501 e. The van der Waals surface area contributed by atoms with Crippen LogP contribution in [0, 0.1) is 25.0 Å². The van der Waals surface area contributed by atoms with E-state index in [0.29, 0.717) is 11.3 Å². The van der Waals surface area contributed by atoms with Gasteiger partial charge in [0.2, 0.25) is 0 Å². The first-order valence-electron chi connectivity index (χ1n) is 22.6. The van der Waals surface area contributed by atoms with Crippen LogP contribution in [0.3, 0.4) is 0 Å². The van der Waals surface area contributed by atoms with Gasteiger partial charge in [0.1, 0.15) is 5.58 Å². The molecule has 1 saturated carbocycles. The number of rotatable bonds is 8. The van der Waals surface area contributed by atoms with Gasteiger partial charge in [-0.05, 0) is 47.3 Å². The van der Waals surface area contributed by atoms with Gasteiger partial charge < -0.3 is 9.40 Å². The van der Waals surface area contributed by atoms with Crippen LogP contribution in [0.15, 0.2) is 168 Å². The van der Waals surface area contributed by atoms with E-state index in [-0.39, 0.29) is 26.0 Å². The van der Waals surface area contributed by atoms with Gasteiger partial charge in [0, 0.05) is 34.4 Å². The summed E-state index contributed by atoms with van der Waals surface area (Å²) in [6.45, 7) is 2.22. The van der Waals surface area contributed by atoms with Crippen LogP contribution in [-0.4, -0.2) is 23.2 Å². The Morgan fingerprint density at radius 1 is 0.661 bits per heavy atom. The molecule has 0 aliphatic heterocycles. The van der Waals surface area contributed by atoms with Gasteiger partial charge >= 0.3 is 177 Å². The first-order valence-corrected chi connectivity index (χ1v) is 28.9. The molecule has 1 fully saturated rings. The van der Waals surface area contributed by atoms with Crippen LogP contribution < -0.4 is 4.40 Å². The van der Waals surface area contributed by atoms with Crippen molar-refractivity contribution in [1.82, 2.24) is 9.97 Å². The van der Waals surface area contributed by atoms with E-state index in [1.54, 1.807) is 6.20 Å². The van der Waals surface area contributed by atoms with Crippen LogP contribution >= 0.6 is 0 Å². The average Bonchev–Trinajstić information content (AvgIpc) is 3.71. The van der Waals surface area contributed by atoms with Crippen LogP contribution in [-0.2, 0) is 26.5 Å². The Labute approximate surface area is 386 Å². The third kappa shape index (κ3) is 9.64. The minimum atomic E-state index is -1.91. The van der Waals surface area contributed by atoms with Gasteiger partial charge in [-0.25, -0.2) is 0 Å². The number of hydrogen-bond donors (Lipinski definition) is 0. The number of benzene rings is 6. The third-order valence-electron chi connectivity index (χ3n) is 11.8. The van der Waals surface area contributed by atoms with E-state index in [1.165, 1.54) is 44.2 Å². The maximum atomic E-state index is 8.88. The Morgan fingerprint density at radius 3 is 2.02 bits per heavy atom. The molecule has 0 saturated heterocycles. The molecule has 3 nitrogen and oxygen atoms in total. The molecule has 311 valence electrons. The van der Waals surface area contributed by atoms with Gasteiger partial charge in [-0.3, -0.25) is 0 Å². The summed E-state index contributed by atoms with van der Waals surface area (Å²) in [5.41, 5.74) is 14.2. The summed E-state index contributed by atoms with van der Waals surface area (Å²) in [6.07, 6.45) is 7.77. The molecule has 0 spiro atoms. The normalized spacial score (nSPS) is 13.7. The van der Waals surface area contributed by atoms with Gasteiger partial charge in [-0.1, -0.05) is 91.1 Å². The maximum Gasteiger partial charge on any atom is 0.120 e. The van der Waals surface area contributed by atoms with Crippen molar-refractivity contribution in [3.05, 3.63) is 187 Å². The summed E-state index contributed by atoms with van der Waals surface area (Å²) in [6, 6.07) is 58.8. The van der Waals surface area contributed by atoms with Crippen molar-refractivity contribution in [2.45, 2.75) is 62.7 Å². The van der Waals surface area contributed by atoms with E-state index in [0.717, 1.165) is 70.0 Å². The second kappa shape index (κ2) is 19.3. The van der Waals surface area contributed by atoms with Gasteiger partial charge in [-0.2, -0.15) is 0 Å². The molecule has 5 heteroatoms. The number of hydrogen-bond acceptors (Lipinski definition) is 3. The van der Waals surface area contributed by atoms with Crippen molar-refractivity contribution < 1.29 is 27.3 Å². The zero-order chi connectivity index (χ0) is 43.6. The molecule has 0 atom stereocenters. The number of aryl methyl sites for hydroxylation is 1. The molecule has 10 rings (SSSR count). The number of nitrogens with zero attached hydrogens (tertiary/aromatic N) is 2. The molecule has 0 amide bonds. The van der Waals surface area contributed by atoms with Crippen LogP contribution in [0.1, 0.15) is 46.0 Å². The fourth-order valence-electron chi connectivity index (χ4n) is 8.72. The zero-order valence-electron chi connectivity index (χ0n) is 37.8. The SMILES string of the molecule is Cc1cc(-c2[c-]cc(-c3ccccc3)c(-c3ccccc3)c2)nc[c]1[Ge]([CH3])([CH3])[CH3].[2H]C([2H])(c1ccnc(-c2[c-]ccc3c2oc2ccc(-c4ccccc4)cc23)c1)C1CCCCC1.[Ir]. The molecular weight excluding hydrogens is 993 g/mol. The van der Waals surface area contributed by atoms with E-state index in [1.807, 2.05) is 48.5 Å². The molecule has 9 aromatic rings. The number of furan rings is 1. The van der Waals surface area contributed by atoms with Crippen molar-refractivity contribution in [2.24, 2.45) is 5.92 Å². The first kappa shape index (κ1) is 40.7. The Hall–Kier alpha value is -5.39. The molecule has 62 heavy (non-hydrogen) atoms. The summed E-state index contributed by atoms with van der Waals surface area (Å²) < 4.78 is 25.5. The van der Waals surface area contributed by atoms with E-state index < -0.39 is 19.6 Å². The zero-order valence-corrected chi connectivity index (χ0v) is 40.3. The first-order chi connectivity index (χ1) is 30.5. The Balaban J connectivity index is 0.000000175. The van der Waals surface area contributed by atoms with Crippen LogP contribution in [0.5, 0.6) is 0 Å². The summed E-state index contributed by atoms with van der Waals surface area (Å²) in [4.78, 5) is 9.42. The molecule has 0 N–H and O–H groups in total. The second-order valence-corrected chi connectivity index (χ2v) is 27.8. The van der Waals surface area contributed by atoms with Crippen LogP contribution in [0.25, 0.3) is 77.8 Å². The quantitative estimate of drug-likeness (QED) is 0.112. The Morgan fingerprint density at radius 2 is 1.34 bits per heavy atom. The van der Waals surface area contributed by atoms with E-state index in [4.69, 9.17) is 12.1 Å². The minimum absolute atomic E-state index is 0. The monoisotopic (exact) mass is 1050 g/mol. The average molecular weight is 1050 g/mol. The van der Waals surface area contributed by atoms with Crippen molar-refractivity contribution in [3.8, 4) is 55.9 Å². The van der Waals surface area contributed by atoms with E-state index in [9.17, 15) is 0 Å². The molecular formula is C57H52GeIrN2O-2. The minimum Gasteiger partial charge on any atom is -0.501 e. The third-order valence-corrected chi connectivity index (χ3v) is 16.3. The molecule has 1 aliphatic carbocycles. The maximum absolute atomic E-state index is 8.88. The second-order valence-electron chi connectivity index (χ2n) is 17.2. The van der Waals surface area contributed by atoms with Gasteiger partial charge in [0.05, 0.1) is 5.58 Å². The van der Waals surface area contributed by atoms with Gasteiger partial charge in [-0.15, -0.1) is 18.2 Å². The summed E-state index contributed by atoms with van der Waals surface area (Å²) in [7, 11) is 0. The predicted molar refractivity (Wildman–Crippen MR) is 259 cm³/mol. The van der Waals surface area contributed by atoms with Crippen molar-refractivity contribution in [1.29, 1.82) is 0 Å². The molecule has 3 heterocycles. The number of fused-ring (bicyclic) bond motifs is 3. The Kier molecular flexibility index (Phi) is 12.7. The summed E-state index contributed by atoms with van der Waals surface area (Å²) in [5.74, 6) is 7.30. The molecule has 6 aromatic carbocycles.